The van der Waals surface area contributed by atoms with Crippen molar-refractivity contribution in [2.24, 2.45) is 5.92 Å². The molecule has 84 valence electrons. The van der Waals surface area contributed by atoms with Crippen LogP contribution in [0.1, 0.15) is 32.6 Å². The van der Waals surface area contributed by atoms with Crippen molar-refractivity contribution in [2.75, 3.05) is 25.4 Å². The Morgan fingerprint density at radius 2 is 2.21 bits per heavy atom. The SMILES string of the molecule is CC(CS)CN(CCCO)C1CCC1. The lowest BCUT2D eigenvalue weighted by atomic mass is 9.90. The van der Waals surface area contributed by atoms with E-state index >= 15 is 0 Å². The van der Waals surface area contributed by atoms with E-state index in [0.717, 1.165) is 31.3 Å². The van der Waals surface area contributed by atoms with Gasteiger partial charge < -0.3 is 10.0 Å². The molecule has 1 aliphatic rings. The Balaban J connectivity index is 2.27. The summed E-state index contributed by atoms with van der Waals surface area (Å²) in [6, 6.07) is 0.795. The quantitative estimate of drug-likeness (QED) is 0.635. The summed E-state index contributed by atoms with van der Waals surface area (Å²) >= 11 is 4.32. The van der Waals surface area contributed by atoms with Crippen LogP contribution in [0.2, 0.25) is 0 Å². The van der Waals surface area contributed by atoms with Gasteiger partial charge in [0.2, 0.25) is 0 Å². The van der Waals surface area contributed by atoms with Crippen LogP contribution in [-0.4, -0.2) is 41.5 Å². The molecule has 0 spiro atoms. The van der Waals surface area contributed by atoms with Gasteiger partial charge in [-0.3, -0.25) is 0 Å². The fourth-order valence-corrected chi connectivity index (χ4v) is 2.02. The minimum Gasteiger partial charge on any atom is -0.396 e. The van der Waals surface area contributed by atoms with Crippen molar-refractivity contribution in [2.45, 2.75) is 38.6 Å². The van der Waals surface area contributed by atoms with E-state index in [4.69, 9.17) is 5.11 Å². The zero-order valence-corrected chi connectivity index (χ0v) is 10.0. The van der Waals surface area contributed by atoms with Gasteiger partial charge in [-0.15, -0.1) is 0 Å². The van der Waals surface area contributed by atoms with Crippen molar-refractivity contribution < 1.29 is 5.11 Å². The smallest absolute Gasteiger partial charge is 0.0443 e. The highest BCUT2D eigenvalue weighted by atomic mass is 32.1. The lowest BCUT2D eigenvalue weighted by Gasteiger charge is -2.38. The van der Waals surface area contributed by atoms with Gasteiger partial charge in [0.1, 0.15) is 0 Å². The summed E-state index contributed by atoms with van der Waals surface area (Å²) in [5.74, 6) is 1.63. The summed E-state index contributed by atoms with van der Waals surface area (Å²) in [5.41, 5.74) is 0. The highest BCUT2D eigenvalue weighted by Gasteiger charge is 2.25. The fraction of sp³-hybridized carbons (Fsp3) is 1.00. The maximum absolute atomic E-state index is 8.84. The number of aliphatic hydroxyl groups excluding tert-OH is 1. The summed E-state index contributed by atoms with van der Waals surface area (Å²) in [4.78, 5) is 2.54. The van der Waals surface area contributed by atoms with Crippen molar-refractivity contribution >= 4 is 12.6 Å². The molecule has 1 N–H and O–H groups in total. The van der Waals surface area contributed by atoms with E-state index in [0.29, 0.717) is 12.5 Å². The molecule has 1 unspecified atom stereocenters. The average molecular weight is 217 g/mol. The molecule has 0 bridgehead atoms. The number of hydrogen-bond acceptors (Lipinski definition) is 3. The number of thiol groups is 1. The standard InChI is InChI=1S/C11H23NOS/c1-10(9-14)8-12(6-3-7-13)11-4-2-5-11/h10-11,13-14H,2-9H2,1H3. The van der Waals surface area contributed by atoms with Gasteiger partial charge in [-0.1, -0.05) is 13.3 Å². The van der Waals surface area contributed by atoms with Crippen LogP contribution in [0.4, 0.5) is 0 Å². The molecule has 0 heterocycles. The van der Waals surface area contributed by atoms with E-state index in [1.165, 1.54) is 19.3 Å². The Morgan fingerprint density at radius 3 is 2.64 bits per heavy atom. The monoisotopic (exact) mass is 217 g/mol. The molecule has 0 aromatic rings. The third-order valence-corrected chi connectivity index (χ3v) is 3.68. The van der Waals surface area contributed by atoms with Crippen molar-refractivity contribution in [3.05, 3.63) is 0 Å². The summed E-state index contributed by atoms with van der Waals surface area (Å²) < 4.78 is 0. The predicted molar refractivity (Wildman–Crippen MR) is 63.9 cm³/mol. The van der Waals surface area contributed by atoms with Crippen LogP contribution in [0.15, 0.2) is 0 Å². The van der Waals surface area contributed by atoms with E-state index in [2.05, 4.69) is 24.5 Å². The van der Waals surface area contributed by atoms with Crippen molar-refractivity contribution in [1.29, 1.82) is 0 Å². The van der Waals surface area contributed by atoms with Gasteiger partial charge in [0, 0.05) is 25.7 Å². The predicted octanol–water partition coefficient (Wildman–Crippen LogP) is 1.79. The van der Waals surface area contributed by atoms with E-state index in [-0.39, 0.29) is 0 Å². The summed E-state index contributed by atoms with van der Waals surface area (Å²) in [7, 11) is 0. The van der Waals surface area contributed by atoms with Gasteiger partial charge in [-0.05, 0) is 30.9 Å². The highest BCUT2D eigenvalue weighted by Crippen LogP contribution is 2.25. The van der Waals surface area contributed by atoms with E-state index in [1.54, 1.807) is 0 Å². The first-order chi connectivity index (χ1) is 6.77. The van der Waals surface area contributed by atoms with Crippen LogP contribution in [0.5, 0.6) is 0 Å². The third kappa shape index (κ3) is 3.79. The molecule has 0 saturated heterocycles. The number of hydrogen-bond donors (Lipinski definition) is 2. The zero-order chi connectivity index (χ0) is 10.4. The third-order valence-electron chi connectivity index (χ3n) is 3.05. The van der Waals surface area contributed by atoms with E-state index in [1.807, 2.05) is 0 Å². The second-order valence-corrected chi connectivity index (χ2v) is 4.81. The lowest BCUT2D eigenvalue weighted by molar-refractivity contribution is 0.104. The van der Waals surface area contributed by atoms with Gasteiger partial charge >= 0.3 is 0 Å². The van der Waals surface area contributed by atoms with E-state index < -0.39 is 0 Å². The Labute approximate surface area is 93.1 Å². The maximum Gasteiger partial charge on any atom is 0.0443 e. The second kappa shape index (κ2) is 6.70. The number of rotatable bonds is 7. The minimum absolute atomic E-state index is 0.318. The molecule has 1 saturated carbocycles. The van der Waals surface area contributed by atoms with Gasteiger partial charge in [0.25, 0.3) is 0 Å². The van der Waals surface area contributed by atoms with Crippen molar-refractivity contribution in [1.82, 2.24) is 4.90 Å². The summed E-state index contributed by atoms with van der Waals surface area (Å²) in [6.45, 7) is 4.77. The molecule has 1 rings (SSSR count). The van der Waals surface area contributed by atoms with Crippen LogP contribution in [0.25, 0.3) is 0 Å². The highest BCUT2D eigenvalue weighted by molar-refractivity contribution is 7.80. The van der Waals surface area contributed by atoms with Crippen molar-refractivity contribution in [3.8, 4) is 0 Å². The average Bonchev–Trinajstić information content (AvgIpc) is 2.11. The van der Waals surface area contributed by atoms with Crippen LogP contribution >= 0.6 is 12.6 Å². The largest absolute Gasteiger partial charge is 0.396 e. The van der Waals surface area contributed by atoms with Gasteiger partial charge in [-0.25, -0.2) is 0 Å². The van der Waals surface area contributed by atoms with Gasteiger partial charge in [0.15, 0.2) is 0 Å². The Kier molecular flexibility index (Phi) is 5.90. The normalized spacial score (nSPS) is 19.7. The Bertz CT molecular complexity index is 150. The molecule has 1 fully saturated rings. The molecular formula is C11H23NOS. The van der Waals surface area contributed by atoms with Crippen LogP contribution in [0, 0.1) is 5.92 Å². The van der Waals surface area contributed by atoms with Crippen molar-refractivity contribution in [3.63, 3.8) is 0 Å². The molecule has 14 heavy (non-hydrogen) atoms. The lowest BCUT2D eigenvalue weighted by Crippen LogP contribution is -2.43. The van der Waals surface area contributed by atoms with Gasteiger partial charge in [0.05, 0.1) is 0 Å². The first-order valence-electron chi connectivity index (χ1n) is 5.73. The first kappa shape index (κ1) is 12.3. The van der Waals surface area contributed by atoms with Crippen LogP contribution in [-0.2, 0) is 0 Å². The molecule has 0 aromatic carbocycles. The topological polar surface area (TPSA) is 23.5 Å². The number of nitrogens with zero attached hydrogens (tertiary/aromatic N) is 1. The van der Waals surface area contributed by atoms with Gasteiger partial charge in [-0.2, -0.15) is 12.6 Å². The fourth-order valence-electron chi connectivity index (χ4n) is 1.91. The molecule has 0 amide bonds. The molecule has 2 nitrogen and oxygen atoms in total. The molecule has 0 aliphatic heterocycles. The molecule has 3 heteroatoms. The second-order valence-electron chi connectivity index (χ2n) is 4.44. The van der Waals surface area contributed by atoms with E-state index in [9.17, 15) is 0 Å². The number of aliphatic hydroxyl groups is 1. The molecule has 0 aromatic heterocycles. The van der Waals surface area contributed by atoms with Crippen LogP contribution < -0.4 is 0 Å². The summed E-state index contributed by atoms with van der Waals surface area (Å²) in [5, 5.41) is 8.84. The van der Waals surface area contributed by atoms with Crippen LogP contribution in [0.3, 0.4) is 0 Å². The maximum atomic E-state index is 8.84. The Morgan fingerprint density at radius 1 is 1.50 bits per heavy atom. The summed E-state index contributed by atoms with van der Waals surface area (Å²) in [6.07, 6.45) is 5.00. The molecule has 1 atom stereocenters. The zero-order valence-electron chi connectivity index (χ0n) is 9.15. The molecule has 1 aliphatic carbocycles. The molecule has 0 radical (unpaired) electrons. The molecular weight excluding hydrogens is 194 g/mol. The minimum atomic E-state index is 0.318. The first-order valence-corrected chi connectivity index (χ1v) is 6.37. The Hall–Kier alpha value is 0.270.